The molecular weight excluding hydrogens is 416 g/mol. The van der Waals surface area contributed by atoms with Crippen molar-refractivity contribution in [1.29, 1.82) is 0 Å². The summed E-state index contributed by atoms with van der Waals surface area (Å²) in [5.74, 6) is -0.401. The van der Waals surface area contributed by atoms with Crippen LogP contribution in [0.4, 0.5) is 5.69 Å². The summed E-state index contributed by atoms with van der Waals surface area (Å²) >= 11 is 0. The summed E-state index contributed by atoms with van der Waals surface area (Å²) in [4.78, 5) is 29.3. The molecule has 1 N–H and O–H groups in total. The van der Waals surface area contributed by atoms with Gasteiger partial charge in [0.1, 0.15) is 6.54 Å². The van der Waals surface area contributed by atoms with Crippen LogP contribution in [-0.4, -0.2) is 41.3 Å². The molecule has 0 saturated carbocycles. The number of benzene rings is 2. The fraction of sp³-hybridized carbons (Fsp3) is 0.318. The molecule has 1 amide bonds. The molecule has 1 aliphatic rings. The normalized spacial score (nSPS) is 15.5. The summed E-state index contributed by atoms with van der Waals surface area (Å²) in [6, 6.07) is 13.1. The van der Waals surface area contributed by atoms with Gasteiger partial charge in [0.15, 0.2) is 0 Å². The van der Waals surface area contributed by atoms with Crippen LogP contribution in [0.25, 0.3) is 10.9 Å². The lowest BCUT2D eigenvalue weighted by Crippen LogP contribution is -2.32. The van der Waals surface area contributed by atoms with Crippen LogP contribution in [0.3, 0.4) is 0 Å². The Labute approximate surface area is 180 Å². The van der Waals surface area contributed by atoms with E-state index in [4.69, 9.17) is 0 Å². The molecule has 1 aliphatic heterocycles. The molecule has 4 rings (SSSR count). The zero-order chi connectivity index (χ0) is 21.8. The Morgan fingerprint density at radius 3 is 2.35 bits per heavy atom. The van der Waals surface area contributed by atoms with Crippen LogP contribution >= 0.6 is 0 Å². The van der Waals surface area contributed by atoms with E-state index in [1.165, 1.54) is 27.3 Å². The summed E-state index contributed by atoms with van der Waals surface area (Å²) < 4.78 is 28.5. The van der Waals surface area contributed by atoms with Gasteiger partial charge < -0.3 is 5.32 Å². The zero-order valence-electron chi connectivity index (χ0n) is 17.0. The number of carbonyl (C=O) groups excluding carboxylic acids is 1. The molecule has 1 fully saturated rings. The van der Waals surface area contributed by atoms with E-state index < -0.39 is 15.9 Å². The Morgan fingerprint density at radius 1 is 0.968 bits per heavy atom. The summed E-state index contributed by atoms with van der Waals surface area (Å²) in [7, 11) is -3.54. The summed E-state index contributed by atoms with van der Waals surface area (Å²) in [5.41, 5.74) is 0.742. The van der Waals surface area contributed by atoms with Gasteiger partial charge in [-0.05, 0) is 49.2 Å². The number of aromatic nitrogens is 2. The second kappa shape index (κ2) is 8.99. The van der Waals surface area contributed by atoms with E-state index >= 15 is 0 Å². The van der Waals surface area contributed by atoms with Crippen LogP contribution in [0.1, 0.15) is 25.7 Å². The molecule has 0 aliphatic carbocycles. The molecule has 31 heavy (non-hydrogen) atoms. The van der Waals surface area contributed by atoms with Crippen LogP contribution in [0.15, 0.2) is 64.5 Å². The largest absolute Gasteiger partial charge is 0.325 e. The van der Waals surface area contributed by atoms with E-state index in [1.807, 2.05) is 0 Å². The predicted octanol–water partition coefficient (Wildman–Crippen LogP) is 2.60. The van der Waals surface area contributed by atoms with Crippen molar-refractivity contribution < 1.29 is 13.2 Å². The molecule has 0 atom stereocenters. The molecule has 1 aromatic heterocycles. The second-order valence-electron chi connectivity index (χ2n) is 7.59. The molecule has 3 aromatic rings. The van der Waals surface area contributed by atoms with Crippen LogP contribution in [0.5, 0.6) is 0 Å². The van der Waals surface area contributed by atoms with Crippen molar-refractivity contribution in [1.82, 2.24) is 13.9 Å². The maximum absolute atomic E-state index is 12.9. The van der Waals surface area contributed by atoms with Gasteiger partial charge >= 0.3 is 0 Å². The third-order valence-corrected chi connectivity index (χ3v) is 7.30. The first-order chi connectivity index (χ1) is 14.9. The lowest BCUT2D eigenvalue weighted by atomic mass is 10.2. The topological polar surface area (TPSA) is 101 Å². The fourth-order valence-electron chi connectivity index (χ4n) is 3.72. The minimum Gasteiger partial charge on any atom is -0.325 e. The van der Waals surface area contributed by atoms with Gasteiger partial charge in [-0.25, -0.2) is 13.4 Å². The van der Waals surface area contributed by atoms with Crippen LogP contribution in [0.2, 0.25) is 0 Å². The van der Waals surface area contributed by atoms with Crippen molar-refractivity contribution in [3.8, 4) is 0 Å². The summed E-state index contributed by atoms with van der Waals surface area (Å²) in [6.45, 7) is 0.884. The van der Waals surface area contributed by atoms with Crippen LogP contribution < -0.4 is 10.9 Å². The van der Waals surface area contributed by atoms with Crippen LogP contribution in [-0.2, 0) is 21.4 Å². The van der Waals surface area contributed by atoms with E-state index in [2.05, 4.69) is 10.3 Å². The van der Waals surface area contributed by atoms with E-state index in [-0.39, 0.29) is 17.0 Å². The zero-order valence-corrected chi connectivity index (χ0v) is 17.8. The molecule has 2 heterocycles. The highest BCUT2D eigenvalue weighted by Gasteiger charge is 2.25. The maximum Gasteiger partial charge on any atom is 0.261 e. The molecule has 0 unspecified atom stereocenters. The molecule has 9 heteroatoms. The van der Waals surface area contributed by atoms with Gasteiger partial charge in [-0.15, -0.1) is 0 Å². The molecule has 162 valence electrons. The summed E-state index contributed by atoms with van der Waals surface area (Å²) in [5, 5.41) is 3.14. The number of para-hydroxylation sites is 1. The monoisotopic (exact) mass is 440 g/mol. The third kappa shape index (κ3) is 4.67. The standard InChI is InChI=1S/C22H24N4O4S/c27-21(15-25-16-23-20-8-4-3-7-19(20)22(25)28)24-17-9-11-18(12-10-17)31(29,30)26-13-5-1-2-6-14-26/h3-4,7-12,16H,1-2,5-6,13-15H2,(H,24,27). The van der Waals surface area contributed by atoms with Gasteiger partial charge in [0, 0.05) is 18.8 Å². The van der Waals surface area contributed by atoms with Crippen molar-refractivity contribution in [3.05, 3.63) is 65.2 Å². The molecular formula is C22H24N4O4S. The third-order valence-electron chi connectivity index (χ3n) is 5.39. The minimum atomic E-state index is -3.54. The number of hydrogen-bond donors (Lipinski definition) is 1. The van der Waals surface area contributed by atoms with Crippen LogP contribution in [0, 0.1) is 0 Å². The van der Waals surface area contributed by atoms with Gasteiger partial charge in [-0.2, -0.15) is 4.31 Å². The number of nitrogens with one attached hydrogen (secondary N) is 1. The second-order valence-corrected chi connectivity index (χ2v) is 9.52. The Morgan fingerprint density at radius 2 is 1.65 bits per heavy atom. The first-order valence-electron chi connectivity index (χ1n) is 10.3. The number of fused-ring (bicyclic) bond motifs is 1. The molecule has 0 radical (unpaired) electrons. The van der Waals surface area contributed by atoms with Crippen molar-refractivity contribution in [2.45, 2.75) is 37.1 Å². The van der Waals surface area contributed by atoms with Crippen molar-refractivity contribution in [3.63, 3.8) is 0 Å². The fourth-order valence-corrected chi connectivity index (χ4v) is 5.23. The molecule has 0 spiro atoms. The number of sulfonamides is 1. The molecule has 8 nitrogen and oxygen atoms in total. The van der Waals surface area contributed by atoms with Gasteiger partial charge in [0.2, 0.25) is 15.9 Å². The smallest absolute Gasteiger partial charge is 0.261 e. The highest BCUT2D eigenvalue weighted by molar-refractivity contribution is 7.89. The predicted molar refractivity (Wildman–Crippen MR) is 118 cm³/mol. The Balaban J connectivity index is 1.45. The summed E-state index contributed by atoms with van der Waals surface area (Å²) in [6.07, 6.45) is 5.19. The van der Waals surface area contributed by atoms with E-state index in [0.29, 0.717) is 29.7 Å². The number of anilines is 1. The quantitative estimate of drug-likeness (QED) is 0.657. The minimum absolute atomic E-state index is 0.190. The van der Waals surface area contributed by atoms with E-state index in [9.17, 15) is 18.0 Å². The first kappa shape index (κ1) is 21.2. The Hall–Kier alpha value is -3.04. The number of hydrogen-bond acceptors (Lipinski definition) is 5. The lowest BCUT2D eigenvalue weighted by Gasteiger charge is -2.20. The number of nitrogens with zero attached hydrogens (tertiary/aromatic N) is 3. The lowest BCUT2D eigenvalue weighted by molar-refractivity contribution is -0.116. The Bertz CT molecular complexity index is 1240. The first-order valence-corrected chi connectivity index (χ1v) is 11.7. The van der Waals surface area contributed by atoms with Crippen molar-refractivity contribution >= 4 is 32.5 Å². The average Bonchev–Trinajstić information content (AvgIpc) is 3.07. The number of carbonyl (C=O) groups is 1. The Kier molecular flexibility index (Phi) is 6.15. The number of rotatable bonds is 5. The van der Waals surface area contributed by atoms with E-state index in [0.717, 1.165) is 25.7 Å². The highest BCUT2D eigenvalue weighted by atomic mass is 32.2. The average molecular weight is 441 g/mol. The highest BCUT2D eigenvalue weighted by Crippen LogP contribution is 2.21. The van der Waals surface area contributed by atoms with Gasteiger partial charge in [-0.3, -0.25) is 14.2 Å². The SMILES string of the molecule is O=C(Cn1cnc2ccccc2c1=O)Nc1ccc(S(=O)(=O)N2CCCCCC2)cc1. The van der Waals surface area contributed by atoms with Gasteiger partial charge in [0.25, 0.3) is 5.56 Å². The molecule has 2 aromatic carbocycles. The maximum atomic E-state index is 12.9. The number of amides is 1. The molecule has 0 bridgehead atoms. The van der Waals surface area contributed by atoms with E-state index in [1.54, 1.807) is 36.4 Å². The van der Waals surface area contributed by atoms with Crippen molar-refractivity contribution in [2.75, 3.05) is 18.4 Å². The molecule has 1 saturated heterocycles. The van der Waals surface area contributed by atoms with Crippen molar-refractivity contribution in [2.24, 2.45) is 0 Å². The van der Waals surface area contributed by atoms with Gasteiger partial charge in [0.05, 0.1) is 22.1 Å². The van der Waals surface area contributed by atoms with Gasteiger partial charge in [-0.1, -0.05) is 25.0 Å².